The van der Waals surface area contributed by atoms with Gasteiger partial charge in [-0.05, 0) is 53.6 Å². The number of halogens is 2. The van der Waals surface area contributed by atoms with E-state index in [4.69, 9.17) is 4.74 Å². The van der Waals surface area contributed by atoms with Crippen molar-refractivity contribution in [2.45, 2.75) is 117 Å². The number of rotatable bonds is 20. The molecule has 3 rings (SSSR count). The molecule has 1 heterocycles. The first-order valence-electron chi connectivity index (χ1n) is 15.9. The lowest BCUT2D eigenvalue weighted by Gasteiger charge is -2.23. The maximum absolute atomic E-state index is 14.9. The van der Waals surface area contributed by atoms with Crippen LogP contribution in [0.5, 0.6) is 5.75 Å². The number of hydrogen-bond acceptors (Lipinski definition) is 4. The standard InChI is InChI=1S/C35H51FN2O2S.BrH/c1-4-6-7-8-9-10-11-12-13-14-15-16-23-40-34-22-19-31(24-33(34)36)27-38(35(39)5-2)32-20-17-30(18-21-32)26-37-25-29(3)41-28-37;/h17-22,24-25H,4-16,23,26-28H2,1-3H3;1H. The van der Waals surface area contributed by atoms with Gasteiger partial charge in [-0.2, -0.15) is 0 Å². The fourth-order valence-corrected chi connectivity index (χ4v) is 5.96. The SMILES string of the molecule is Br.CCCCCCCCCCCCCCOc1ccc(CN(C(=O)CC)c2ccc(CN3C=C(C)SC3)cc2)cc1F. The van der Waals surface area contributed by atoms with E-state index in [9.17, 15) is 9.18 Å². The first-order valence-corrected chi connectivity index (χ1v) is 16.8. The maximum atomic E-state index is 14.9. The van der Waals surface area contributed by atoms with E-state index < -0.39 is 0 Å². The Labute approximate surface area is 269 Å². The molecule has 7 heteroatoms. The number of allylic oxidation sites excluding steroid dienone is 1. The van der Waals surface area contributed by atoms with Crippen LogP contribution in [0.3, 0.4) is 0 Å². The minimum absolute atomic E-state index is 0. The Morgan fingerprint density at radius 1 is 0.881 bits per heavy atom. The van der Waals surface area contributed by atoms with Crippen LogP contribution < -0.4 is 9.64 Å². The third-order valence-electron chi connectivity index (χ3n) is 7.65. The van der Waals surface area contributed by atoms with Gasteiger partial charge in [0.15, 0.2) is 11.6 Å². The van der Waals surface area contributed by atoms with Crippen molar-refractivity contribution in [2.24, 2.45) is 0 Å². The molecule has 0 bridgehead atoms. The van der Waals surface area contributed by atoms with E-state index in [1.807, 2.05) is 36.9 Å². The highest BCUT2D eigenvalue weighted by atomic mass is 79.9. The molecule has 42 heavy (non-hydrogen) atoms. The molecule has 0 aliphatic carbocycles. The average Bonchev–Trinajstić information content (AvgIpc) is 3.39. The maximum Gasteiger partial charge on any atom is 0.227 e. The quantitative estimate of drug-likeness (QED) is 0.132. The summed E-state index contributed by atoms with van der Waals surface area (Å²) in [7, 11) is 0. The van der Waals surface area contributed by atoms with Crippen molar-refractivity contribution in [2.75, 3.05) is 17.4 Å². The summed E-state index contributed by atoms with van der Waals surface area (Å²) in [6.07, 6.45) is 18.0. The number of amides is 1. The van der Waals surface area contributed by atoms with Crippen LogP contribution in [0.2, 0.25) is 0 Å². The van der Waals surface area contributed by atoms with Crippen molar-refractivity contribution in [1.82, 2.24) is 4.90 Å². The van der Waals surface area contributed by atoms with Gasteiger partial charge >= 0.3 is 0 Å². The molecular formula is C35H52BrFN2O2S. The smallest absolute Gasteiger partial charge is 0.227 e. The number of hydrogen-bond donors (Lipinski definition) is 0. The Morgan fingerprint density at radius 2 is 1.48 bits per heavy atom. The van der Waals surface area contributed by atoms with Gasteiger partial charge in [0.1, 0.15) is 0 Å². The molecule has 0 saturated carbocycles. The second kappa shape index (κ2) is 20.8. The molecule has 1 aliphatic heterocycles. The lowest BCUT2D eigenvalue weighted by atomic mass is 10.1. The highest BCUT2D eigenvalue weighted by Crippen LogP contribution is 2.27. The zero-order valence-corrected chi connectivity index (χ0v) is 28.6. The van der Waals surface area contributed by atoms with Gasteiger partial charge in [0.2, 0.25) is 5.91 Å². The van der Waals surface area contributed by atoms with Crippen molar-refractivity contribution in [3.05, 3.63) is 70.5 Å². The van der Waals surface area contributed by atoms with E-state index in [1.165, 1.54) is 80.7 Å². The van der Waals surface area contributed by atoms with Crippen molar-refractivity contribution in [3.63, 3.8) is 0 Å². The third kappa shape index (κ3) is 13.1. The predicted octanol–water partition coefficient (Wildman–Crippen LogP) is 10.8. The van der Waals surface area contributed by atoms with Gasteiger partial charge in [-0.25, -0.2) is 4.39 Å². The van der Waals surface area contributed by atoms with Crippen molar-refractivity contribution in [1.29, 1.82) is 0 Å². The Morgan fingerprint density at radius 3 is 2.02 bits per heavy atom. The molecule has 2 aromatic carbocycles. The number of benzene rings is 2. The van der Waals surface area contributed by atoms with Crippen LogP contribution in [0, 0.1) is 5.82 Å². The van der Waals surface area contributed by atoms with Gasteiger partial charge in [0, 0.05) is 24.9 Å². The number of anilines is 1. The largest absolute Gasteiger partial charge is 0.491 e. The van der Waals surface area contributed by atoms with Crippen molar-refractivity contribution in [3.8, 4) is 5.75 Å². The normalized spacial score (nSPS) is 12.7. The number of unbranched alkanes of at least 4 members (excludes halogenated alkanes) is 11. The molecule has 0 aromatic heterocycles. The van der Waals surface area contributed by atoms with E-state index in [-0.39, 0.29) is 28.7 Å². The van der Waals surface area contributed by atoms with Crippen LogP contribution in [-0.2, 0) is 17.9 Å². The summed E-state index contributed by atoms with van der Waals surface area (Å²) < 4.78 is 20.6. The summed E-state index contributed by atoms with van der Waals surface area (Å²) in [5, 5.41) is 0. The molecule has 0 saturated heterocycles. The Bertz CT molecular complexity index is 1080. The van der Waals surface area contributed by atoms with Crippen LogP contribution in [0.4, 0.5) is 10.1 Å². The monoisotopic (exact) mass is 662 g/mol. The second-order valence-corrected chi connectivity index (χ2v) is 12.5. The molecule has 1 aliphatic rings. The van der Waals surface area contributed by atoms with Crippen LogP contribution in [0.25, 0.3) is 0 Å². The van der Waals surface area contributed by atoms with Gasteiger partial charge in [-0.1, -0.05) is 103 Å². The van der Waals surface area contributed by atoms with E-state index in [0.717, 1.165) is 36.5 Å². The molecule has 0 unspecified atom stereocenters. The fraction of sp³-hybridized carbons (Fsp3) is 0.571. The third-order valence-corrected chi connectivity index (χ3v) is 8.67. The molecule has 0 radical (unpaired) electrons. The van der Waals surface area contributed by atoms with E-state index in [1.54, 1.807) is 11.0 Å². The van der Waals surface area contributed by atoms with Crippen molar-refractivity contribution < 1.29 is 13.9 Å². The van der Waals surface area contributed by atoms with Crippen LogP contribution in [0.15, 0.2) is 53.6 Å². The van der Waals surface area contributed by atoms with Crippen LogP contribution >= 0.6 is 28.7 Å². The summed E-state index contributed by atoms with van der Waals surface area (Å²) in [6.45, 7) is 7.95. The summed E-state index contributed by atoms with van der Waals surface area (Å²) in [4.78, 5) is 18.2. The minimum atomic E-state index is -0.368. The van der Waals surface area contributed by atoms with E-state index in [2.05, 4.69) is 37.1 Å². The summed E-state index contributed by atoms with van der Waals surface area (Å²) in [5.41, 5.74) is 2.78. The van der Waals surface area contributed by atoms with Crippen LogP contribution in [0.1, 0.15) is 115 Å². The Hall–Kier alpha value is -1.99. The number of carbonyl (C=O) groups excluding carboxylic acids is 1. The van der Waals surface area contributed by atoms with Gasteiger partial charge in [0.25, 0.3) is 0 Å². The number of thioether (sulfide) groups is 1. The summed E-state index contributed by atoms with van der Waals surface area (Å²) in [5.74, 6) is 0.907. The topological polar surface area (TPSA) is 32.8 Å². The molecule has 2 aromatic rings. The van der Waals surface area contributed by atoms with Crippen LogP contribution in [-0.4, -0.2) is 23.3 Å². The lowest BCUT2D eigenvalue weighted by molar-refractivity contribution is -0.118. The van der Waals surface area contributed by atoms with E-state index >= 15 is 0 Å². The Kier molecular flexibility index (Phi) is 18.0. The lowest BCUT2D eigenvalue weighted by Crippen LogP contribution is -2.29. The highest BCUT2D eigenvalue weighted by molar-refractivity contribution is 8.93. The van der Waals surface area contributed by atoms with Gasteiger partial charge < -0.3 is 14.5 Å². The molecule has 0 atom stereocenters. The Balaban J connectivity index is 0.00000616. The zero-order chi connectivity index (χ0) is 29.3. The molecule has 4 nitrogen and oxygen atoms in total. The predicted molar refractivity (Wildman–Crippen MR) is 183 cm³/mol. The number of ether oxygens (including phenoxy) is 1. The average molecular weight is 664 g/mol. The second-order valence-electron chi connectivity index (χ2n) is 11.3. The van der Waals surface area contributed by atoms with Gasteiger partial charge in [0.05, 0.1) is 19.0 Å². The van der Waals surface area contributed by atoms with Gasteiger partial charge in [-0.3, -0.25) is 4.79 Å². The first-order chi connectivity index (χ1) is 20.0. The first kappa shape index (κ1) is 36.2. The summed E-state index contributed by atoms with van der Waals surface area (Å²) >= 11 is 1.85. The van der Waals surface area contributed by atoms with Gasteiger partial charge in [-0.15, -0.1) is 28.7 Å². The zero-order valence-electron chi connectivity index (χ0n) is 26.0. The molecule has 0 fully saturated rings. The molecule has 0 spiro atoms. The fourth-order valence-electron chi connectivity index (χ4n) is 5.21. The summed E-state index contributed by atoms with van der Waals surface area (Å²) in [6, 6.07) is 13.2. The number of carbonyl (C=O) groups is 1. The minimum Gasteiger partial charge on any atom is -0.491 e. The molecule has 0 N–H and O–H groups in total. The van der Waals surface area contributed by atoms with Crippen molar-refractivity contribution >= 4 is 40.3 Å². The molecule has 1 amide bonds. The highest BCUT2D eigenvalue weighted by Gasteiger charge is 2.17. The van der Waals surface area contributed by atoms with E-state index in [0.29, 0.717) is 25.3 Å². The molecule has 234 valence electrons. The number of nitrogens with zero attached hydrogens (tertiary/aromatic N) is 2. The molecular weight excluding hydrogens is 611 g/mol.